The minimum atomic E-state index is -0.329. The molecular weight excluding hydrogens is 240 g/mol. The molecule has 0 saturated heterocycles. The second-order valence-corrected chi connectivity index (χ2v) is 4.17. The van der Waals surface area contributed by atoms with E-state index in [1.807, 2.05) is 12.1 Å². The van der Waals surface area contributed by atoms with Gasteiger partial charge in [0, 0.05) is 6.42 Å². The van der Waals surface area contributed by atoms with Crippen molar-refractivity contribution < 1.29 is 14.3 Å². The fourth-order valence-corrected chi connectivity index (χ4v) is 1.65. The highest BCUT2D eigenvalue weighted by Crippen LogP contribution is 2.10. The van der Waals surface area contributed by atoms with Crippen LogP contribution in [0, 0.1) is 0 Å². The smallest absolute Gasteiger partial charge is 0.337 e. The number of hydrogen-bond acceptors (Lipinski definition) is 3. The molecule has 0 atom stereocenters. The molecule has 17 heavy (non-hydrogen) atoms. The maximum absolute atomic E-state index is 11.2. The zero-order valence-corrected chi connectivity index (χ0v) is 10.5. The Morgan fingerprint density at radius 3 is 2.35 bits per heavy atom. The highest BCUT2D eigenvalue weighted by Gasteiger charge is 2.04. The van der Waals surface area contributed by atoms with E-state index in [0.717, 1.165) is 24.8 Å². The van der Waals surface area contributed by atoms with E-state index in [-0.39, 0.29) is 11.2 Å². The highest BCUT2D eigenvalue weighted by atomic mass is 35.5. The van der Waals surface area contributed by atoms with Gasteiger partial charge in [0.25, 0.3) is 0 Å². The molecule has 3 nitrogen and oxygen atoms in total. The number of methoxy groups -OCH3 is 1. The van der Waals surface area contributed by atoms with Gasteiger partial charge in [-0.05, 0) is 48.6 Å². The summed E-state index contributed by atoms with van der Waals surface area (Å²) in [5.74, 6) is -0.329. The van der Waals surface area contributed by atoms with Crippen LogP contribution in [-0.2, 0) is 16.0 Å². The van der Waals surface area contributed by atoms with E-state index in [1.165, 1.54) is 7.11 Å². The predicted molar refractivity (Wildman–Crippen MR) is 66.2 cm³/mol. The number of esters is 1. The van der Waals surface area contributed by atoms with Gasteiger partial charge in [-0.15, -0.1) is 0 Å². The minimum Gasteiger partial charge on any atom is -0.465 e. The quantitative estimate of drug-likeness (QED) is 0.445. The van der Waals surface area contributed by atoms with Gasteiger partial charge in [0.2, 0.25) is 5.24 Å². The average molecular weight is 255 g/mol. The number of carbonyl (C=O) groups excluding carboxylic acids is 2. The number of ether oxygens (including phenoxy) is 1. The molecule has 1 aromatic rings. The second kappa shape index (κ2) is 7.07. The topological polar surface area (TPSA) is 43.4 Å². The van der Waals surface area contributed by atoms with Crippen molar-refractivity contribution in [3.05, 3.63) is 35.4 Å². The number of carbonyl (C=O) groups is 2. The summed E-state index contributed by atoms with van der Waals surface area (Å²) < 4.78 is 4.61. The molecule has 0 aromatic heterocycles. The third kappa shape index (κ3) is 5.00. The lowest BCUT2D eigenvalue weighted by Gasteiger charge is -2.02. The Morgan fingerprint density at radius 2 is 1.82 bits per heavy atom. The molecule has 0 radical (unpaired) electrons. The molecule has 1 rings (SSSR count). The van der Waals surface area contributed by atoms with Gasteiger partial charge < -0.3 is 4.74 Å². The summed E-state index contributed by atoms with van der Waals surface area (Å²) >= 11 is 5.24. The van der Waals surface area contributed by atoms with E-state index in [9.17, 15) is 9.59 Å². The van der Waals surface area contributed by atoms with Crippen LogP contribution in [0.5, 0.6) is 0 Å². The normalized spacial score (nSPS) is 10.0. The van der Waals surface area contributed by atoms with Crippen molar-refractivity contribution in [3.8, 4) is 0 Å². The molecule has 0 saturated carbocycles. The van der Waals surface area contributed by atoms with E-state index in [1.54, 1.807) is 12.1 Å². The Balaban J connectivity index is 2.40. The lowest BCUT2D eigenvalue weighted by atomic mass is 10.1. The molecular formula is C13H15ClO3. The third-order valence-corrected chi connectivity index (χ3v) is 2.65. The van der Waals surface area contributed by atoms with Gasteiger partial charge in [-0.2, -0.15) is 0 Å². The first-order valence-corrected chi connectivity index (χ1v) is 5.87. The largest absolute Gasteiger partial charge is 0.465 e. The van der Waals surface area contributed by atoms with Crippen LogP contribution >= 0.6 is 11.6 Å². The van der Waals surface area contributed by atoms with E-state index in [2.05, 4.69) is 4.74 Å². The van der Waals surface area contributed by atoms with E-state index in [4.69, 9.17) is 11.6 Å². The molecule has 0 spiro atoms. The second-order valence-electron chi connectivity index (χ2n) is 3.75. The van der Waals surface area contributed by atoms with E-state index < -0.39 is 0 Å². The summed E-state index contributed by atoms with van der Waals surface area (Å²) in [4.78, 5) is 21.7. The lowest BCUT2D eigenvalue weighted by molar-refractivity contribution is -0.111. The van der Waals surface area contributed by atoms with Crippen molar-refractivity contribution >= 4 is 22.8 Å². The number of aryl methyl sites for hydroxylation is 1. The minimum absolute atomic E-state index is 0.286. The van der Waals surface area contributed by atoms with Gasteiger partial charge in [-0.3, -0.25) is 4.79 Å². The number of hydrogen-bond donors (Lipinski definition) is 0. The zero-order valence-electron chi connectivity index (χ0n) is 9.74. The van der Waals surface area contributed by atoms with Crippen molar-refractivity contribution in [3.63, 3.8) is 0 Å². The van der Waals surface area contributed by atoms with Gasteiger partial charge in [-0.1, -0.05) is 12.1 Å². The maximum Gasteiger partial charge on any atom is 0.337 e. The van der Waals surface area contributed by atoms with Crippen LogP contribution in [0.3, 0.4) is 0 Å². The Bertz CT molecular complexity index is 384. The van der Waals surface area contributed by atoms with Gasteiger partial charge >= 0.3 is 5.97 Å². The number of rotatable bonds is 6. The first-order chi connectivity index (χ1) is 8.13. The fraction of sp³-hybridized carbons (Fsp3) is 0.385. The Morgan fingerprint density at radius 1 is 1.18 bits per heavy atom. The number of unbranched alkanes of at least 4 members (excludes halogenated alkanes) is 1. The van der Waals surface area contributed by atoms with Crippen LogP contribution in [0.15, 0.2) is 24.3 Å². The van der Waals surface area contributed by atoms with Gasteiger partial charge in [0.1, 0.15) is 0 Å². The summed E-state index contributed by atoms with van der Waals surface area (Å²) in [7, 11) is 1.36. The number of halogens is 1. The van der Waals surface area contributed by atoms with Crippen LogP contribution in [0.1, 0.15) is 35.2 Å². The van der Waals surface area contributed by atoms with Crippen molar-refractivity contribution in [1.29, 1.82) is 0 Å². The summed E-state index contributed by atoms with van der Waals surface area (Å²) in [6.07, 6.45) is 3.00. The number of benzene rings is 1. The van der Waals surface area contributed by atoms with Crippen LogP contribution in [0.25, 0.3) is 0 Å². The van der Waals surface area contributed by atoms with Crippen molar-refractivity contribution in [1.82, 2.24) is 0 Å². The first kappa shape index (κ1) is 13.7. The van der Waals surface area contributed by atoms with Crippen LogP contribution in [0.4, 0.5) is 0 Å². The summed E-state index contributed by atoms with van der Waals surface area (Å²) in [6.45, 7) is 0. The molecule has 0 bridgehead atoms. The van der Waals surface area contributed by atoms with Crippen LogP contribution < -0.4 is 0 Å². The Hall–Kier alpha value is -1.35. The Labute approximate surface area is 106 Å². The maximum atomic E-state index is 11.2. The fourth-order valence-electron chi connectivity index (χ4n) is 1.52. The monoisotopic (exact) mass is 254 g/mol. The van der Waals surface area contributed by atoms with Crippen molar-refractivity contribution in [2.45, 2.75) is 25.7 Å². The van der Waals surface area contributed by atoms with Gasteiger partial charge in [0.15, 0.2) is 0 Å². The molecule has 0 aliphatic rings. The van der Waals surface area contributed by atoms with E-state index >= 15 is 0 Å². The molecule has 0 unspecified atom stereocenters. The van der Waals surface area contributed by atoms with Gasteiger partial charge in [-0.25, -0.2) is 4.79 Å². The molecule has 92 valence electrons. The summed E-state index contributed by atoms with van der Waals surface area (Å²) in [5, 5.41) is -0.286. The lowest BCUT2D eigenvalue weighted by Crippen LogP contribution is -2.00. The molecule has 4 heteroatoms. The van der Waals surface area contributed by atoms with E-state index in [0.29, 0.717) is 12.0 Å². The SMILES string of the molecule is COC(=O)c1ccc(CCCCC(=O)Cl)cc1. The van der Waals surface area contributed by atoms with Crippen molar-refractivity contribution in [2.24, 2.45) is 0 Å². The van der Waals surface area contributed by atoms with Crippen LogP contribution in [0.2, 0.25) is 0 Å². The molecule has 0 amide bonds. The standard InChI is InChI=1S/C13H15ClO3/c1-17-13(16)11-8-6-10(7-9-11)4-2-3-5-12(14)15/h6-9H,2-5H2,1H3. The molecule has 0 N–H and O–H groups in total. The highest BCUT2D eigenvalue weighted by molar-refractivity contribution is 6.63. The van der Waals surface area contributed by atoms with Crippen LogP contribution in [-0.4, -0.2) is 18.3 Å². The summed E-state index contributed by atoms with van der Waals surface area (Å²) in [6, 6.07) is 7.28. The molecule has 0 aliphatic heterocycles. The predicted octanol–water partition coefficient (Wildman–Crippen LogP) is 2.95. The Kier molecular flexibility index (Phi) is 5.70. The molecule has 0 fully saturated rings. The van der Waals surface area contributed by atoms with Crippen molar-refractivity contribution in [2.75, 3.05) is 7.11 Å². The molecule has 0 heterocycles. The first-order valence-electron chi connectivity index (χ1n) is 5.49. The van der Waals surface area contributed by atoms with Gasteiger partial charge in [0.05, 0.1) is 12.7 Å². The average Bonchev–Trinajstić information content (AvgIpc) is 2.34. The molecule has 0 aliphatic carbocycles. The third-order valence-electron chi connectivity index (χ3n) is 2.46. The zero-order chi connectivity index (χ0) is 12.7. The summed E-state index contributed by atoms with van der Waals surface area (Å²) in [5.41, 5.74) is 1.69. The molecule has 1 aromatic carbocycles.